The van der Waals surface area contributed by atoms with E-state index in [1.807, 2.05) is 24.3 Å². The van der Waals surface area contributed by atoms with E-state index in [0.29, 0.717) is 12.2 Å². The molecule has 0 saturated heterocycles. The molecule has 0 fully saturated rings. The Kier molecular flexibility index (Phi) is 4.03. The molecule has 0 amide bonds. The Labute approximate surface area is 131 Å². The first-order valence-corrected chi connectivity index (χ1v) is 9.40. The van der Waals surface area contributed by atoms with Gasteiger partial charge in [0.15, 0.2) is 0 Å². The molecule has 1 atom stereocenters. The van der Waals surface area contributed by atoms with Crippen molar-refractivity contribution in [3.63, 3.8) is 0 Å². The van der Waals surface area contributed by atoms with Gasteiger partial charge in [-0.05, 0) is 41.8 Å². The highest BCUT2D eigenvalue weighted by atomic mass is 32.2. The average molecular weight is 338 g/mol. The molecular formula is C15H14O5S2. The summed E-state index contributed by atoms with van der Waals surface area (Å²) >= 11 is 0. The van der Waals surface area contributed by atoms with Crippen molar-refractivity contribution < 1.29 is 21.9 Å². The molecule has 2 aromatic carbocycles. The van der Waals surface area contributed by atoms with Gasteiger partial charge in [0.25, 0.3) is 10.1 Å². The van der Waals surface area contributed by atoms with E-state index in [4.69, 9.17) is 9.29 Å². The van der Waals surface area contributed by atoms with Gasteiger partial charge in [-0.3, -0.25) is 4.55 Å². The van der Waals surface area contributed by atoms with E-state index in [2.05, 4.69) is 0 Å². The second kappa shape index (κ2) is 5.83. The Hall–Kier alpha value is -1.70. The summed E-state index contributed by atoms with van der Waals surface area (Å²) < 4.78 is 47.9. The molecule has 1 unspecified atom stereocenters. The number of benzene rings is 2. The smallest absolute Gasteiger partial charge is 0.268 e. The lowest BCUT2D eigenvalue weighted by molar-refractivity contribution is 0.335. The van der Waals surface area contributed by atoms with Crippen LogP contribution in [0.4, 0.5) is 0 Å². The van der Waals surface area contributed by atoms with Gasteiger partial charge in [0, 0.05) is 9.79 Å². The molecule has 1 aliphatic heterocycles. The number of fused-ring (bicyclic) bond motifs is 2. The minimum atomic E-state index is -4.03. The molecule has 3 rings (SSSR count). The van der Waals surface area contributed by atoms with Crippen molar-refractivity contribution >= 4 is 20.9 Å². The SMILES string of the molecule is O=S1c2ccccc2Cc2cc(OCCS(=O)(=O)O)ccc21. The minimum absolute atomic E-state index is 0.128. The predicted octanol–water partition coefficient (Wildman–Crippen LogP) is 2.02. The van der Waals surface area contributed by atoms with Crippen LogP contribution < -0.4 is 4.74 Å². The summed E-state index contributed by atoms with van der Waals surface area (Å²) in [7, 11) is -5.24. The third-order valence-electron chi connectivity index (χ3n) is 3.39. The number of ether oxygens (including phenoxy) is 1. The third kappa shape index (κ3) is 3.21. The van der Waals surface area contributed by atoms with E-state index in [0.717, 1.165) is 20.9 Å². The lowest BCUT2D eigenvalue weighted by Crippen LogP contribution is -2.13. The van der Waals surface area contributed by atoms with Crippen molar-refractivity contribution in [3.8, 4) is 5.75 Å². The molecule has 7 heteroatoms. The summed E-state index contributed by atoms with van der Waals surface area (Å²) in [6.07, 6.45) is 0.659. The van der Waals surface area contributed by atoms with Crippen LogP contribution in [0.1, 0.15) is 11.1 Å². The number of rotatable bonds is 4. The zero-order valence-electron chi connectivity index (χ0n) is 11.6. The van der Waals surface area contributed by atoms with Gasteiger partial charge in [0.05, 0.1) is 10.8 Å². The van der Waals surface area contributed by atoms with Crippen LogP contribution in [0.3, 0.4) is 0 Å². The fraction of sp³-hybridized carbons (Fsp3) is 0.200. The standard InChI is InChI=1S/C15H14O5S2/c16-21-14-4-2-1-3-11(14)9-12-10-13(5-6-15(12)21)20-7-8-22(17,18)19/h1-6,10H,7-9H2,(H,17,18,19). The molecular weight excluding hydrogens is 324 g/mol. The Balaban J connectivity index is 1.82. The van der Waals surface area contributed by atoms with Gasteiger partial charge in [-0.15, -0.1) is 0 Å². The molecule has 1 N–H and O–H groups in total. The lowest BCUT2D eigenvalue weighted by Gasteiger charge is -2.19. The second-order valence-corrected chi connectivity index (χ2v) is 7.95. The Morgan fingerprint density at radius 1 is 1.09 bits per heavy atom. The molecule has 22 heavy (non-hydrogen) atoms. The molecule has 0 saturated carbocycles. The quantitative estimate of drug-likeness (QED) is 0.736. The molecule has 0 spiro atoms. The van der Waals surface area contributed by atoms with Gasteiger partial charge < -0.3 is 4.74 Å². The molecule has 0 aliphatic carbocycles. The van der Waals surface area contributed by atoms with Crippen molar-refractivity contribution in [2.24, 2.45) is 0 Å². The summed E-state index contributed by atoms with van der Waals surface area (Å²) in [5, 5.41) is 0. The van der Waals surface area contributed by atoms with Crippen LogP contribution in [0.5, 0.6) is 5.75 Å². The molecule has 0 bridgehead atoms. The summed E-state index contributed by atoms with van der Waals surface area (Å²) in [6, 6.07) is 12.8. The third-order valence-corrected chi connectivity index (χ3v) is 5.67. The maximum absolute atomic E-state index is 12.5. The average Bonchev–Trinajstić information content (AvgIpc) is 2.46. The number of hydrogen-bond acceptors (Lipinski definition) is 4. The van der Waals surface area contributed by atoms with Crippen LogP contribution in [0.15, 0.2) is 52.3 Å². The zero-order valence-corrected chi connectivity index (χ0v) is 13.2. The molecule has 1 aliphatic rings. The molecule has 2 aromatic rings. The van der Waals surface area contributed by atoms with Crippen molar-refractivity contribution in [2.75, 3.05) is 12.4 Å². The van der Waals surface area contributed by atoms with Crippen molar-refractivity contribution in [1.82, 2.24) is 0 Å². The summed E-state index contributed by atoms with van der Waals surface area (Å²) in [6.45, 7) is -0.128. The van der Waals surface area contributed by atoms with E-state index in [-0.39, 0.29) is 6.61 Å². The van der Waals surface area contributed by atoms with Gasteiger partial charge in [-0.2, -0.15) is 8.42 Å². The van der Waals surface area contributed by atoms with E-state index in [1.165, 1.54) is 0 Å². The van der Waals surface area contributed by atoms with Gasteiger partial charge in [0.2, 0.25) is 0 Å². The largest absolute Gasteiger partial charge is 0.492 e. The van der Waals surface area contributed by atoms with Gasteiger partial charge >= 0.3 is 0 Å². The monoisotopic (exact) mass is 338 g/mol. The van der Waals surface area contributed by atoms with Gasteiger partial charge in [0.1, 0.15) is 18.1 Å². The fourth-order valence-corrected chi connectivity index (χ4v) is 4.06. The molecule has 116 valence electrons. The lowest BCUT2D eigenvalue weighted by atomic mass is 10.0. The van der Waals surface area contributed by atoms with Crippen LogP contribution in [0.25, 0.3) is 0 Å². The minimum Gasteiger partial charge on any atom is -0.492 e. The van der Waals surface area contributed by atoms with Crippen LogP contribution >= 0.6 is 0 Å². The Morgan fingerprint density at radius 2 is 1.82 bits per heavy atom. The Bertz CT molecular complexity index is 843. The van der Waals surface area contributed by atoms with Crippen molar-refractivity contribution in [3.05, 3.63) is 53.6 Å². The molecule has 5 nitrogen and oxygen atoms in total. The first kappa shape index (κ1) is 15.2. The van der Waals surface area contributed by atoms with E-state index < -0.39 is 26.7 Å². The van der Waals surface area contributed by atoms with Crippen LogP contribution in [0.2, 0.25) is 0 Å². The van der Waals surface area contributed by atoms with E-state index in [1.54, 1.807) is 18.2 Å². The Morgan fingerprint density at radius 3 is 2.59 bits per heavy atom. The van der Waals surface area contributed by atoms with Crippen LogP contribution in [-0.2, 0) is 27.3 Å². The topological polar surface area (TPSA) is 80.7 Å². The van der Waals surface area contributed by atoms with Crippen LogP contribution in [-0.4, -0.2) is 29.5 Å². The van der Waals surface area contributed by atoms with Gasteiger partial charge in [-0.1, -0.05) is 18.2 Å². The number of hydrogen-bond donors (Lipinski definition) is 1. The highest BCUT2D eigenvalue weighted by Crippen LogP contribution is 2.33. The first-order valence-electron chi connectivity index (χ1n) is 6.64. The molecule has 0 radical (unpaired) electrons. The first-order chi connectivity index (χ1) is 10.4. The summed E-state index contributed by atoms with van der Waals surface area (Å²) in [5.41, 5.74) is 1.92. The van der Waals surface area contributed by atoms with E-state index >= 15 is 0 Å². The van der Waals surface area contributed by atoms with Crippen molar-refractivity contribution in [2.45, 2.75) is 16.2 Å². The molecule has 0 aromatic heterocycles. The fourth-order valence-electron chi connectivity index (χ4n) is 2.38. The highest BCUT2D eigenvalue weighted by Gasteiger charge is 2.22. The second-order valence-electron chi connectivity index (χ2n) is 4.96. The highest BCUT2D eigenvalue weighted by molar-refractivity contribution is 7.85. The zero-order chi connectivity index (χ0) is 15.7. The van der Waals surface area contributed by atoms with Crippen molar-refractivity contribution in [1.29, 1.82) is 0 Å². The van der Waals surface area contributed by atoms with Gasteiger partial charge in [-0.25, -0.2) is 4.21 Å². The maximum atomic E-state index is 12.5. The van der Waals surface area contributed by atoms with Crippen LogP contribution in [0, 0.1) is 0 Å². The molecule has 1 heterocycles. The summed E-state index contributed by atoms with van der Waals surface area (Å²) in [5.74, 6) is 0.0394. The summed E-state index contributed by atoms with van der Waals surface area (Å²) in [4.78, 5) is 1.58. The maximum Gasteiger partial charge on any atom is 0.268 e. The normalized spacial score (nSPS) is 16.7. The van der Waals surface area contributed by atoms with E-state index in [9.17, 15) is 12.6 Å². The predicted molar refractivity (Wildman–Crippen MR) is 82.3 cm³/mol.